The van der Waals surface area contributed by atoms with Gasteiger partial charge >= 0.3 is 0 Å². The van der Waals surface area contributed by atoms with Crippen LogP contribution in [0.25, 0.3) is 0 Å². The zero-order chi connectivity index (χ0) is 12.8. The molecule has 0 amide bonds. The molecule has 0 atom stereocenters. The van der Waals surface area contributed by atoms with Gasteiger partial charge in [-0.3, -0.25) is 0 Å². The highest BCUT2D eigenvalue weighted by molar-refractivity contribution is 8.00. The Morgan fingerprint density at radius 1 is 1.39 bits per heavy atom. The summed E-state index contributed by atoms with van der Waals surface area (Å²) >= 11 is 2.97. The molecule has 4 nitrogen and oxygen atoms in total. The first-order chi connectivity index (χ1) is 8.75. The molecule has 0 aromatic carbocycles. The lowest BCUT2D eigenvalue weighted by atomic mass is 10.2. The fraction of sp³-hybridized carbons (Fsp3) is 0.417. The van der Waals surface area contributed by atoms with Crippen LogP contribution < -0.4 is 5.32 Å². The Hall–Kier alpha value is -0.980. The van der Waals surface area contributed by atoms with Crippen LogP contribution in [0.4, 0.5) is 0 Å². The second kappa shape index (κ2) is 6.82. The first-order valence-electron chi connectivity index (χ1n) is 5.85. The molecule has 0 saturated heterocycles. The van der Waals surface area contributed by atoms with Crippen LogP contribution in [0, 0.1) is 5.92 Å². The van der Waals surface area contributed by atoms with E-state index in [4.69, 9.17) is 0 Å². The van der Waals surface area contributed by atoms with Crippen LogP contribution in [0.15, 0.2) is 34.0 Å². The highest BCUT2D eigenvalue weighted by Gasteiger charge is 2.07. The highest BCUT2D eigenvalue weighted by atomic mass is 32.2. The van der Waals surface area contributed by atoms with E-state index in [1.807, 2.05) is 12.3 Å². The molecule has 2 aromatic heterocycles. The van der Waals surface area contributed by atoms with Gasteiger partial charge in [0.1, 0.15) is 11.4 Å². The number of hydrogen-bond acceptors (Lipinski definition) is 6. The van der Waals surface area contributed by atoms with Crippen LogP contribution in [0.3, 0.4) is 0 Å². The molecule has 2 rings (SSSR count). The van der Waals surface area contributed by atoms with E-state index in [-0.39, 0.29) is 0 Å². The first-order valence-corrected chi connectivity index (χ1v) is 7.44. The van der Waals surface area contributed by atoms with Crippen molar-refractivity contribution in [2.75, 3.05) is 6.54 Å². The third kappa shape index (κ3) is 4.04. The summed E-state index contributed by atoms with van der Waals surface area (Å²) in [4.78, 5) is 8.58. The molecule has 0 aliphatic heterocycles. The standard InChI is InChI=1S/C12H16N4S2/c1-9(2)6-13-7-10-4-3-5-14-11(10)17-12-15-8-16-18-12/h3-5,8-9,13H,6-7H2,1-2H3. The normalized spacial score (nSPS) is 11.1. The van der Waals surface area contributed by atoms with E-state index in [0.717, 1.165) is 22.5 Å². The van der Waals surface area contributed by atoms with E-state index >= 15 is 0 Å². The average Bonchev–Trinajstić information content (AvgIpc) is 2.84. The molecule has 18 heavy (non-hydrogen) atoms. The van der Waals surface area contributed by atoms with Gasteiger partial charge in [-0.05, 0) is 47.4 Å². The lowest BCUT2D eigenvalue weighted by molar-refractivity contribution is 0.549. The van der Waals surface area contributed by atoms with Crippen molar-refractivity contribution in [3.05, 3.63) is 30.2 Å². The van der Waals surface area contributed by atoms with Gasteiger partial charge in [-0.2, -0.15) is 4.37 Å². The predicted molar refractivity (Wildman–Crippen MR) is 74.8 cm³/mol. The summed E-state index contributed by atoms with van der Waals surface area (Å²) in [5, 5.41) is 4.44. The lowest BCUT2D eigenvalue weighted by Gasteiger charge is -2.09. The third-order valence-electron chi connectivity index (χ3n) is 2.24. The molecule has 2 heterocycles. The number of aromatic nitrogens is 3. The number of nitrogens with zero attached hydrogens (tertiary/aromatic N) is 3. The van der Waals surface area contributed by atoms with Crippen molar-refractivity contribution < 1.29 is 0 Å². The van der Waals surface area contributed by atoms with Crippen LogP contribution >= 0.6 is 23.3 Å². The number of nitrogens with one attached hydrogen (secondary N) is 1. The lowest BCUT2D eigenvalue weighted by Crippen LogP contribution is -2.19. The Labute approximate surface area is 115 Å². The average molecular weight is 280 g/mol. The van der Waals surface area contributed by atoms with Crippen molar-refractivity contribution in [2.45, 2.75) is 29.8 Å². The predicted octanol–water partition coefficient (Wildman–Crippen LogP) is 2.83. The summed E-state index contributed by atoms with van der Waals surface area (Å²) in [5.74, 6) is 0.654. The van der Waals surface area contributed by atoms with Gasteiger partial charge in [0, 0.05) is 12.7 Å². The SMILES string of the molecule is CC(C)CNCc1cccnc1Sc1ncns1. The van der Waals surface area contributed by atoms with Gasteiger partial charge in [-0.25, -0.2) is 9.97 Å². The van der Waals surface area contributed by atoms with Gasteiger partial charge in [-0.15, -0.1) is 0 Å². The molecule has 0 unspecified atom stereocenters. The maximum Gasteiger partial charge on any atom is 0.176 e. The maximum absolute atomic E-state index is 4.41. The third-order valence-corrected chi connectivity index (χ3v) is 4.02. The summed E-state index contributed by atoms with van der Waals surface area (Å²) in [6.45, 7) is 6.26. The Morgan fingerprint density at radius 2 is 2.28 bits per heavy atom. The highest BCUT2D eigenvalue weighted by Crippen LogP contribution is 2.28. The van der Waals surface area contributed by atoms with Crippen LogP contribution in [0.2, 0.25) is 0 Å². The Morgan fingerprint density at radius 3 is 3.00 bits per heavy atom. The second-order valence-electron chi connectivity index (χ2n) is 4.30. The Balaban J connectivity index is 2.01. The van der Waals surface area contributed by atoms with E-state index in [2.05, 4.69) is 39.6 Å². The molecule has 0 radical (unpaired) electrons. The van der Waals surface area contributed by atoms with Gasteiger partial charge in [0.2, 0.25) is 0 Å². The van der Waals surface area contributed by atoms with Crippen molar-refractivity contribution >= 4 is 23.3 Å². The molecule has 1 N–H and O–H groups in total. The molecule has 0 saturated carbocycles. The van der Waals surface area contributed by atoms with E-state index in [9.17, 15) is 0 Å². The van der Waals surface area contributed by atoms with Crippen molar-refractivity contribution in [1.82, 2.24) is 19.7 Å². The van der Waals surface area contributed by atoms with Gasteiger partial charge in [-0.1, -0.05) is 19.9 Å². The van der Waals surface area contributed by atoms with E-state index in [1.54, 1.807) is 18.1 Å². The fourth-order valence-corrected chi connectivity index (χ4v) is 2.88. The van der Waals surface area contributed by atoms with Gasteiger partial charge in [0.15, 0.2) is 4.34 Å². The minimum Gasteiger partial charge on any atom is -0.312 e. The van der Waals surface area contributed by atoms with Crippen LogP contribution in [-0.4, -0.2) is 20.9 Å². The summed E-state index contributed by atoms with van der Waals surface area (Å²) in [7, 11) is 0. The smallest absolute Gasteiger partial charge is 0.176 e. The van der Waals surface area contributed by atoms with E-state index in [0.29, 0.717) is 5.92 Å². The number of rotatable bonds is 6. The first kappa shape index (κ1) is 13.5. The van der Waals surface area contributed by atoms with Crippen LogP contribution in [-0.2, 0) is 6.54 Å². The van der Waals surface area contributed by atoms with Crippen molar-refractivity contribution in [3.63, 3.8) is 0 Å². The van der Waals surface area contributed by atoms with Crippen LogP contribution in [0.5, 0.6) is 0 Å². The Bertz CT molecular complexity index is 471. The maximum atomic E-state index is 4.41. The van der Waals surface area contributed by atoms with Crippen LogP contribution in [0.1, 0.15) is 19.4 Å². The monoisotopic (exact) mass is 280 g/mol. The van der Waals surface area contributed by atoms with Gasteiger partial charge in [0.25, 0.3) is 0 Å². The molecule has 6 heteroatoms. The summed E-state index contributed by atoms with van der Waals surface area (Å²) in [5.41, 5.74) is 1.21. The minimum atomic E-state index is 0.654. The molecule has 0 fully saturated rings. The zero-order valence-electron chi connectivity index (χ0n) is 10.5. The van der Waals surface area contributed by atoms with Gasteiger partial charge < -0.3 is 5.32 Å². The summed E-state index contributed by atoms with van der Waals surface area (Å²) < 4.78 is 4.93. The van der Waals surface area contributed by atoms with E-state index < -0.39 is 0 Å². The molecular formula is C12H16N4S2. The Kier molecular flexibility index (Phi) is 5.10. The molecule has 96 valence electrons. The topological polar surface area (TPSA) is 50.7 Å². The summed E-state index contributed by atoms with van der Waals surface area (Å²) in [6, 6.07) is 4.07. The molecule has 0 spiro atoms. The largest absolute Gasteiger partial charge is 0.312 e. The second-order valence-corrected chi connectivity index (χ2v) is 6.32. The van der Waals surface area contributed by atoms with Gasteiger partial charge in [0.05, 0.1) is 0 Å². The number of pyridine rings is 1. The molecule has 0 aliphatic carbocycles. The minimum absolute atomic E-state index is 0.654. The molecular weight excluding hydrogens is 264 g/mol. The van der Waals surface area contributed by atoms with Crippen molar-refractivity contribution in [2.24, 2.45) is 5.92 Å². The zero-order valence-corrected chi connectivity index (χ0v) is 12.1. The van der Waals surface area contributed by atoms with Crippen molar-refractivity contribution in [1.29, 1.82) is 0 Å². The fourth-order valence-electron chi connectivity index (χ4n) is 1.44. The van der Waals surface area contributed by atoms with E-state index in [1.165, 1.54) is 17.1 Å². The number of hydrogen-bond donors (Lipinski definition) is 1. The molecule has 0 aliphatic rings. The molecule has 2 aromatic rings. The summed E-state index contributed by atoms with van der Waals surface area (Å²) in [6.07, 6.45) is 3.39. The van der Waals surface area contributed by atoms with Crippen molar-refractivity contribution in [3.8, 4) is 0 Å². The molecule has 0 bridgehead atoms. The quantitative estimate of drug-likeness (QED) is 0.881.